The molecule has 1 amide bonds. The number of sulfonamides is 1. The number of halogens is 2. The zero-order chi connectivity index (χ0) is 16.9. The molecule has 1 N–H and O–H groups in total. The highest BCUT2D eigenvalue weighted by atomic mass is 35.5. The first-order valence-electron chi connectivity index (χ1n) is 6.88. The van der Waals surface area contributed by atoms with Crippen molar-refractivity contribution in [3.05, 3.63) is 28.2 Å². The largest absolute Gasteiger partial charge is 0.352 e. The Morgan fingerprint density at radius 2 is 2.00 bits per heavy atom. The molecule has 0 aromatic heterocycles. The lowest BCUT2D eigenvalue weighted by atomic mass is 10.2. The third-order valence-electron chi connectivity index (χ3n) is 3.02. The van der Waals surface area contributed by atoms with Gasteiger partial charge in [0.05, 0.1) is 22.0 Å². The van der Waals surface area contributed by atoms with Crippen molar-refractivity contribution in [1.82, 2.24) is 5.32 Å². The Balaban J connectivity index is 3.01. The van der Waals surface area contributed by atoms with Crippen LogP contribution < -0.4 is 9.62 Å². The summed E-state index contributed by atoms with van der Waals surface area (Å²) < 4.78 is 24.9. The molecule has 1 atom stereocenters. The van der Waals surface area contributed by atoms with Gasteiger partial charge in [-0.15, -0.1) is 0 Å². The quantitative estimate of drug-likeness (QED) is 0.806. The summed E-state index contributed by atoms with van der Waals surface area (Å²) in [6.07, 6.45) is 2.77. The molecule has 0 aliphatic rings. The normalized spacial score (nSPS) is 12.8. The van der Waals surface area contributed by atoms with E-state index in [2.05, 4.69) is 5.32 Å². The van der Waals surface area contributed by atoms with E-state index in [1.54, 1.807) is 12.1 Å². The Bertz CT molecular complexity index is 635. The molecule has 22 heavy (non-hydrogen) atoms. The molecule has 1 aromatic rings. The fourth-order valence-electron chi connectivity index (χ4n) is 2.02. The Hall–Kier alpha value is -0.980. The van der Waals surface area contributed by atoms with Crippen LogP contribution in [0.15, 0.2) is 18.2 Å². The lowest BCUT2D eigenvalue weighted by molar-refractivity contribution is -0.120. The van der Waals surface area contributed by atoms with Gasteiger partial charge >= 0.3 is 0 Å². The van der Waals surface area contributed by atoms with Gasteiger partial charge in [0.25, 0.3) is 0 Å². The summed E-state index contributed by atoms with van der Waals surface area (Å²) in [5.41, 5.74) is 0.190. The van der Waals surface area contributed by atoms with Crippen LogP contribution in [0.3, 0.4) is 0 Å². The topological polar surface area (TPSA) is 66.5 Å². The van der Waals surface area contributed by atoms with Gasteiger partial charge in [0.2, 0.25) is 15.9 Å². The molecule has 0 unspecified atom stereocenters. The Morgan fingerprint density at radius 3 is 2.55 bits per heavy atom. The molecule has 0 bridgehead atoms. The van der Waals surface area contributed by atoms with Crippen molar-refractivity contribution < 1.29 is 13.2 Å². The second-order valence-electron chi connectivity index (χ2n) is 5.10. The predicted molar refractivity (Wildman–Crippen MR) is 91.2 cm³/mol. The molecular weight excluding hydrogens is 347 g/mol. The summed E-state index contributed by atoms with van der Waals surface area (Å²) in [6.45, 7) is 3.54. The molecule has 0 saturated carbocycles. The average molecular weight is 367 g/mol. The van der Waals surface area contributed by atoms with E-state index in [-0.39, 0.29) is 34.2 Å². The van der Waals surface area contributed by atoms with Crippen LogP contribution in [0.4, 0.5) is 5.69 Å². The number of amides is 1. The first kappa shape index (κ1) is 19.1. The third-order valence-corrected chi connectivity index (χ3v) is 4.95. The van der Waals surface area contributed by atoms with Gasteiger partial charge in [-0.1, -0.05) is 42.6 Å². The molecule has 0 fully saturated rings. The fraction of sp³-hybridized carbons (Fsp3) is 0.500. The molecular formula is C14H20Cl2N2O3S. The minimum atomic E-state index is -3.67. The van der Waals surface area contributed by atoms with E-state index in [1.807, 2.05) is 13.8 Å². The van der Waals surface area contributed by atoms with Crippen LogP contribution in [-0.4, -0.2) is 33.2 Å². The van der Waals surface area contributed by atoms with Crippen LogP contribution in [0.2, 0.25) is 10.0 Å². The maximum Gasteiger partial charge on any atom is 0.240 e. The molecule has 0 radical (unpaired) electrons. The number of hydrogen-bond acceptors (Lipinski definition) is 3. The lowest BCUT2D eigenvalue weighted by Gasteiger charge is -2.24. The number of benzene rings is 1. The minimum absolute atomic E-state index is 0.0197. The van der Waals surface area contributed by atoms with Crippen LogP contribution in [0.1, 0.15) is 26.7 Å². The number of carbonyl (C=O) groups excluding carboxylic acids is 1. The van der Waals surface area contributed by atoms with Crippen molar-refractivity contribution in [2.75, 3.05) is 17.1 Å². The number of nitrogens with one attached hydrogen (secondary N) is 1. The van der Waals surface area contributed by atoms with E-state index in [4.69, 9.17) is 23.2 Å². The zero-order valence-corrected chi connectivity index (χ0v) is 15.1. The van der Waals surface area contributed by atoms with E-state index in [1.165, 1.54) is 6.07 Å². The highest BCUT2D eigenvalue weighted by molar-refractivity contribution is 7.92. The van der Waals surface area contributed by atoms with Gasteiger partial charge in [-0.25, -0.2) is 8.42 Å². The minimum Gasteiger partial charge on any atom is -0.352 e. The maximum atomic E-state index is 12.1. The summed E-state index contributed by atoms with van der Waals surface area (Å²) in [5.74, 6) is -0.387. The Labute approximate surface area is 141 Å². The van der Waals surface area contributed by atoms with E-state index in [0.29, 0.717) is 0 Å². The van der Waals surface area contributed by atoms with Gasteiger partial charge in [-0.05, 0) is 25.5 Å². The molecule has 0 aliphatic heterocycles. The maximum absolute atomic E-state index is 12.1. The highest BCUT2D eigenvalue weighted by Gasteiger charge is 2.24. The third kappa shape index (κ3) is 5.34. The van der Waals surface area contributed by atoms with Gasteiger partial charge in [0.15, 0.2) is 0 Å². The van der Waals surface area contributed by atoms with Crippen LogP contribution in [0.25, 0.3) is 0 Å². The number of rotatable bonds is 7. The number of carbonyl (C=O) groups is 1. The summed E-state index contributed by atoms with van der Waals surface area (Å²) in [6, 6.07) is 4.63. The second-order valence-corrected chi connectivity index (χ2v) is 7.79. The van der Waals surface area contributed by atoms with Gasteiger partial charge in [0, 0.05) is 6.04 Å². The van der Waals surface area contributed by atoms with Gasteiger partial charge in [-0.2, -0.15) is 0 Å². The average Bonchev–Trinajstić information content (AvgIpc) is 2.38. The van der Waals surface area contributed by atoms with E-state index in [9.17, 15) is 13.2 Å². The van der Waals surface area contributed by atoms with E-state index >= 15 is 0 Å². The van der Waals surface area contributed by atoms with Crippen molar-refractivity contribution in [3.8, 4) is 0 Å². The molecule has 0 saturated heterocycles. The first-order valence-corrected chi connectivity index (χ1v) is 9.48. The number of nitrogens with zero attached hydrogens (tertiary/aromatic N) is 1. The number of hydrogen-bond donors (Lipinski definition) is 1. The van der Waals surface area contributed by atoms with Gasteiger partial charge in [-0.3, -0.25) is 9.10 Å². The standard InChI is InChI=1S/C14H20Cl2N2O3S/c1-4-6-10(2)17-13(19)9-18(22(3,20)21)12-8-5-7-11(15)14(12)16/h5,7-8,10H,4,6,9H2,1-3H3,(H,17,19)/t10-/m0/s1. The van der Waals surface area contributed by atoms with Gasteiger partial charge in [0.1, 0.15) is 6.54 Å². The van der Waals surface area contributed by atoms with Crippen molar-refractivity contribution in [2.45, 2.75) is 32.7 Å². The summed E-state index contributed by atoms with van der Waals surface area (Å²) >= 11 is 12.0. The van der Waals surface area contributed by atoms with E-state index < -0.39 is 10.0 Å². The Kier molecular flexibility index (Phi) is 6.97. The first-order chi connectivity index (χ1) is 10.2. The van der Waals surface area contributed by atoms with Crippen LogP contribution in [0, 0.1) is 0 Å². The monoisotopic (exact) mass is 366 g/mol. The summed E-state index contributed by atoms with van der Waals surface area (Å²) in [5, 5.41) is 3.10. The lowest BCUT2D eigenvalue weighted by Crippen LogP contribution is -2.43. The van der Waals surface area contributed by atoms with Crippen molar-refractivity contribution in [3.63, 3.8) is 0 Å². The molecule has 0 heterocycles. The molecule has 0 spiro atoms. The Morgan fingerprint density at radius 1 is 1.36 bits per heavy atom. The molecule has 5 nitrogen and oxygen atoms in total. The van der Waals surface area contributed by atoms with Crippen LogP contribution in [-0.2, 0) is 14.8 Å². The van der Waals surface area contributed by atoms with Gasteiger partial charge < -0.3 is 5.32 Å². The summed E-state index contributed by atoms with van der Waals surface area (Å²) in [7, 11) is -3.67. The van der Waals surface area contributed by atoms with Crippen molar-refractivity contribution in [1.29, 1.82) is 0 Å². The molecule has 8 heteroatoms. The number of anilines is 1. The predicted octanol–water partition coefficient (Wildman–Crippen LogP) is 3.06. The van der Waals surface area contributed by atoms with Crippen LogP contribution >= 0.6 is 23.2 Å². The molecule has 0 aliphatic carbocycles. The summed E-state index contributed by atoms with van der Waals surface area (Å²) in [4.78, 5) is 12.1. The second kappa shape index (κ2) is 8.04. The zero-order valence-electron chi connectivity index (χ0n) is 12.8. The molecule has 1 rings (SSSR count). The molecule has 124 valence electrons. The van der Waals surface area contributed by atoms with Crippen molar-refractivity contribution in [2.24, 2.45) is 0 Å². The molecule has 1 aromatic carbocycles. The highest BCUT2D eigenvalue weighted by Crippen LogP contribution is 2.33. The smallest absolute Gasteiger partial charge is 0.240 e. The van der Waals surface area contributed by atoms with Crippen LogP contribution in [0.5, 0.6) is 0 Å². The van der Waals surface area contributed by atoms with Crippen molar-refractivity contribution >= 4 is 44.8 Å². The SMILES string of the molecule is CCC[C@H](C)NC(=O)CN(c1cccc(Cl)c1Cl)S(C)(=O)=O. The van der Waals surface area contributed by atoms with E-state index in [0.717, 1.165) is 23.4 Å². The fourth-order valence-corrected chi connectivity index (χ4v) is 3.33.